The lowest BCUT2D eigenvalue weighted by Crippen LogP contribution is -2.19. The Bertz CT molecular complexity index is 489. The first-order chi connectivity index (χ1) is 8.79. The average molecular weight is 267 g/mol. The Labute approximate surface area is 109 Å². The lowest BCUT2D eigenvalue weighted by atomic mass is 10.0. The van der Waals surface area contributed by atoms with Crippen LogP contribution >= 0.6 is 0 Å². The predicted octanol–water partition coefficient (Wildman–Crippen LogP) is 1.62. The van der Waals surface area contributed by atoms with Gasteiger partial charge in [-0.25, -0.2) is 0 Å². The van der Waals surface area contributed by atoms with Gasteiger partial charge >= 0.3 is 0 Å². The van der Waals surface area contributed by atoms with E-state index < -0.39 is 10.8 Å². The van der Waals surface area contributed by atoms with Crippen molar-refractivity contribution in [1.29, 1.82) is 0 Å². The van der Waals surface area contributed by atoms with Gasteiger partial charge in [-0.05, 0) is 31.5 Å². The highest BCUT2D eigenvalue weighted by Gasteiger charge is 2.25. The van der Waals surface area contributed by atoms with Crippen molar-refractivity contribution in [2.45, 2.75) is 23.8 Å². The standard InChI is InChI=1S/C13H17NO3S/c1-14-10-3-2-6-18(15)13-8-12-11(7-9(10)13)16-4-5-17-12/h7-8,10,14H,2-6H2,1H3. The van der Waals surface area contributed by atoms with Crippen LogP contribution in [-0.2, 0) is 10.8 Å². The van der Waals surface area contributed by atoms with Crippen molar-refractivity contribution in [3.8, 4) is 11.5 Å². The Balaban J connectivity index is 2.12. The number of nitrogens with one attached hydrogen (secondary N) is 1. The van der Waals surface area contributed by atoms with E-state index in [0.717, 1.165) is 40.6 Å². The van der Waals surface area contributed by atoms with Crippen LogP contribution in [0.25, 0.3) is 0 Å². The highest BCUT2D eigenvalue weighted by molar-refractivity contribution is 7.85. The summed E-state index contributed by atoms with van der Waals surface area (Å²) >= 11 is 0. The van der Waals surface area contributed by atoms with Gasteiger partial charge in [0.25, 0.3) is 0 Å². The second kappa shape index (κ2) is 4.90. The summed E-state index contributed by atoms with van der Waals surface area (Å²) < 4.78 is 23.4. The van der Waals surface area contributed by atoms with Crippen molar-refractivity contribution in [2.24, 2.45) is 0 Å². The van der Waals surface area contributed by atoms with E-state index in [0.29, 0.717) is 13.2 Å². The molecule has 2 heterocycles. The molecule has 2 aliphatic rings. The molecule has 0 aliphatic carbocycles. The summed E-state index contributed by atoms with van der Waals surface area (Å²) in [4.78, 5) is 0.899. The van der Waals surface area contributed by atoms with Crippen LogP contribution in [-0.4, -0.2) is 30.2 Å². The molecular weight excluding hydrogens is 250 g/mol. The zero-order valence-electron chi connectivity index (χ0n) is 10.4. The molecule has 0 radical (unpaired) electrons. The topological polar surface area (TPSA) is 47.6 Å². The van der Waals surface area contributed by atoms with Crippen molar-refractivity contribution in [1.82, 2.24) is 5.32 Å². The minimum Gasteiger partial charge on any atom is -0.486 e. The Morgan fingerprint density at radius 1 is 1.28 bits per heavy atom. The number of benzene rings is 1. The normalized spacial score (nSPS) is 26.3. The van der Waals surface area contributed by atoms with Crippen LogP contribution in [0.3, 0.4) is 0 Å². The zero-order chi connectivity index (χ0) is 12.5. The molecule has 0 saturated heterocycles. The fourth-order valence-corrected chi connectivity index (χ4v) is 3.89. The second-order valence-electron chi connectivity index (χ2n) is 4.57. The molecule has 2 unspecified atom stereocenters. The average Bonchev–Trinajstić information content (AvgIpc) is 2.56. The van der Waals surface area contributed by atoms with Gasteiger partial charge in [0.05, 0.1) is 10.8 Å². The van der Waals surface area contributed by atoms with Gasteiger partial charge in [-0.15, -0.1) is 0 Å². The summed E-state index contributed by atoms with van der Waals surface area (Å²) in [6, 6.07) is 4.14. The van der Waals surface area contributed by atoms with Crippen LogP contribution < -0.4 is 14.8 Å². The third kappa shape index (κ3) is 2.01. The minimum absolute atomic E-state index is 0.252. The molecule has 5 heteroatoms. The van der Waals surface area contributed by atoms with Crippen LogP contribution in [0.1, 0.15) is 24.4 Å². The fourth-order valence-electron chi connectivity index (χ4n) is 2.54. The molecule has 1 N–H and O–H groups in total. The SMILES string of the molecule is CNC1CCCS(=O)c2cc3c(cc21)OCCO3. The van der Waals surface area contributed by atoms with Crippen LogP contribution in [0.15, 0.2) is 17.0 Å². The largest absolute Gasteiger partial charge is 0.486 e. The molecular formula is C13H17NO3S. The first-order valence-electron chi connectivity index (χ1n) is 6.29. The molecule has 0 spiro atoms. The fraction of sp³-hybridized carbons (Fsp3) is 0.538. The first-order valence-corrected chi connectivity index (χ1v) is 7.60. The summed E-state index contributed by atoms with van der Waals surface area (Å²) in [5, 5.41) is 3.30. The highest BCUT2D eigenvalue weighted by atomic mass is 32.2. The molecule has 18 heavy (non-hydrogen) atoms. The lowest BCUT2D eigenvalue weighted by Gasteiger charge is -2.23. The minimum atomic E-state index is -0.928. The van der Waals surface area contributed by atoms with Crippen molar-refractivity contribution in [3.63, 3.8) is 0 Å². The maximum absolute atomic E-state index is 12.2. The van der Waals surface area contributed by atoms with Gasteiger partial charge in [0.1, 0.15) is 13.2 Å². The Morgan fingerprint density at radius 2 is 2.00 bits per heavy atom. The molecule has 2 aliphatic heterocycles. The second-order valence-corrected chi connectivity index (χ2v) is 6.11. The molecule has 0 fully saturated rings. The Kier molecular flexibility index (Phi) is 3.26. The van der Waals surface area contributed by atoms with Gasteiger partial charge in [-0.1, -0.05) is 0 Å². The van der Waals surface area contributed by atoms with Gasteiger partial charge in [-0.3, -0.25) is 4.21 Å². The zero-order valence-corrected chi connectivity index (χ0v) is 11.2. The van der Waals surface area contributed by atoms with E-state index in [1.54, 1.807) is 0 Å². The van der Waals surface area contributed by atoms with Gasteiger partial charge in [-0.2, -0.15) is 0 Å². The summed E-state index contributed by atoms with van der Waals surface area (Å²) in [6.45, 7) is 1.15. The monoisotopic (exact) mass is 267 g/mol. The van der Waals surface area contributed by atoms with E-state index in [9.17, 15) is 4.21 Å². The van der Waals surface area contributed by atoms with Gasteiger partial charge in [0.15, 0.2) is 11.5 Å². The summed E-state index contributed by atoms with van der Waals surface area (Å²) in [5.41, 5.74) is 1.09. The molecule has 0 aromatic heterocycles. The number of ether oxygens (including phenoxy) is 2. The third-order valence-electron chi connectivity index (χ3n) is 3.47. The number of hydrogen-bond donors (Lipinski definition) is 1. The first kappa shape index (κ1) is 12.0. The van der Waals surface area contributed by atoms with E-state index in [2.05, 4.69) is 5.32 Å². The molecule has 4 nitrogen and oxygen atoms in total. The van der Waals surface area contributed by atoms with Gasteiger partial charge in [0.2, 0.25) is 0 Å². The van der Waals surface area contributed by atoms with Gasteiger partial charge < -0.3 is 14.8 Å². The Morgan fingerprint density at radius 3 is 2.72 bits per heavy atom. The van der Waals surface area contributed by atoms with E-state index in [1.807, 2.05) is 19.2 Å². The molecule has 1 aromatic carbocycles. The summed E-state index contributed by atoms with van der Waals surface area (Å²) in [6.07, 6.45) is 1.98. The molecule has 0 saturated carbocycles. The van der Waals surface area contributed by atoms with E-state index >= 15 is 0 Å². The Hall–Kier alpha value is -1.07. The summed E-state index contributed by atoms with van der Waals surface area (Å²) in [7, 11) is 1.02. The van der Waals surface area contributed by atoms with E-state index in [1.165, 1.54) is 0 Å². The van der Waals surface area contributed by atoms with E-state index in [4.69, 9.17) is 9.47 Å². The smallest absolute Gasteiger partial charge is 0.162 e. The quantitative estimate of drug-likeness (QED) is 0.840. The molecule has 3 rings (SSSR count). The van der Waals surface area contributed by atoms with Crippen molar-refractivity contribution in [3.05, 3.63) is 17.7 Å². The number of fused-ring (bicyclic) bond motifs is 2. The van der Waals surface area contributed by atoms with Crippen LogP contribution in [0.2, 0.25) is 0 Å². The summed E-state index contributed by atoms with van der Waals surface area (Å²) in [5.74, 6) is 2.23. The van der Waals surface area contributed by atoms with Crippen molar-refractivity contribution < 1.29 is 13.7 Å². The highest BCUT2D eigenvalue weighted by Crippen LogP contribution is 2.39. The molecule has 2 atom stereocenters. The molecule has 98 valence electrons. The van der Waals surface area contributed by atoms with Gasteiger partial charge in [0, 0.05) is 22.8 Å². The van der Waals surface area contributed by atoms with Crippen LogP contribution in [0.5, 0.6) is 11.5 Å². The molecule has 1 aromatic rings. The number of rotatable bonds is 1. The predicted molar refractivity (Wildman–Crippen MR) is 69.7 cm³/mol. The molecule has 0 bridgehead atoms. The molecule has 0 amide bonds. The van der Waals surface area contributed by atoms with E-state index in [-0.39, 0.29) is 6.04 Å². The lowest BCUT2D eigenvalue weighted by molar-refractivity contribution is 0.170. The van der Waals surface area contributed by atoms with Crippen molar-refractivity contribution >= 4 is 10.8 Å². The van der Waals surface area contributed by atoms with Crippen LogP contribution in [0, 0.1) is 0 Å². The van der Waals surface area contributed by atoms with Crippen LogP contribution in [0.4, 0.5) is 0 Å². The number of hydrogen-bond acceptors (Lipinski definition) is 4. The maximum atomic E-state index is 12.2. The maximum Gasteiger partial charge on any atom is 0.162 e. The van der Waals surface area contributed by atoms with Crippen molar-refractivity contribution in [2.75, 3.05) is 26.0 Å². The third-order valence-corrected chi connectivity index (χ3v) is 4.97.